The number of hydrogen-bond acceptors (Lipinski definition) is 5. The molecule has 0 saturated carbocycles. The van der Waals surface area contributed by atoms with Crippen LogP contribution in [0.1, 0.15) is 11.1 Å². The Balaban J connectivity index is 1.46. The Bertz CT molecular complexity index is 1020. The minimum absolute atomic E-state index is 0.422. The molecule has 0 amide bonds. The van der Waals surface area contributed by atoms with E-state index in [0.29, 0.717) is 29.7 Å². The van der Waals surface area contributed by atoms with Crippen molar-refractivity contribution in [2.75, 3.05) is 43.6 Å². The molecular formula is C25H26BrClN2O3. The van der Waals surface area contributed by atoms with Gasteiger partial charge in [0, 0.05) is 46.1 Å². The molecule has 1 aliphatic heterocycles. The monoisotopic (exact) mass is 516 g/mol. The zero-order chi connectivity index (χ0) is 22.3. The standard InChI is InChI=1S/C25H26BrClN2O3/c1-30-24-11-10-23(26)22(25(24)32-17-18-2-4-19(27)5-3-18)16-28-20-6-8-21(9-7-20)29-12-14-31-15-13-29/h2-11,28H,12-17H2,1H3. The Morgan fingerprint density at radius 3 is 2.41 bits per heavy atom. The topological polar surface area (TPSA) is 43.0 Å². The number of benzene rings is 3. The molecule has 0 aromatic heterocycles. The highest BCUT2D eigenvalue weighted by molar-refractivity contribution is 9.10. The fourth-order valence-corrected chi connectivity index (χ4v) is 4.18. The summed E-state index contributed by atoms with van der Waals surface area (Å²) < 4.78 is 18.2. The zero-order valence-electron chi connectivity index (χ0n) is 17.9. The lowest BCUT2D eigenvalue weighted by Crippen LogP contribution is -2.36. The summed E-state index contributed by atoms with van der Waals surface area (Å²) in [5.74, 6) is 1.41. The smallest absolute Gasteiger partial charge is 0.167 e. The summed E-state index contributed by atoms with van der Waals surface area (Å²) >= 11 is 9.66. The van der Waals surface area contributed by atoms with Crippen LogP contribution in [0.5, 0.6) is 11.5 Å². The number of methoxy groups -OCH3 is 1. The summed E-state index contributed by atoms with van der Waals surface area (Å²) in [4.78, 5) is 2.34. The number of nitrogens with zero attached hydrogens (tertiary/aromatic N) is 1. The lowest BCUT2D eigenvalue weighted by molar-refractivity contribution is 0.122. The molecule has 0 radical (unpaired) electrons. The van der Waals surface area contributed by atoms with Crippen molar-refractivity contribution in [2.45, 2.75) is 13.2 Å². The predicted octanol–water partition coefficient (Wildman–Crippen LogP) is 6.14. The van der Waals surface area contributed by atoms with Gasteiger partial charge < -0.3 is 24.4 Å². The second kappa shape index (κ2) is 10.9. The summed E-state index contributed by atoms with van der Waals surface area (Å²) in [5.41, 5.74) is 4.29. The molecule has 7 heteroatoms. The van der Waals surface area contributed by atoms with E-state index >= 15 is 0 Å². The molecule has 0 bridgehead atoms. The van der Waals surface area contributed by atoms with Gasteiger partial charge in [0.15, 0.2) is 11.5 Å². The number of rotatable bonds is 8. The SMILES string of the molecule is COc1ccc(Br)c(CNc2ccc(N3CCOCC3)cc2)c1OCc1ccc(Cl)cc1. The van der Waals surface area contributed by atoms with E-state index < -0.39 is 0 Å². The lowest BCUT2D eigenvalue weighted by Gasteiger charge is -2.29. The van der Waals surface area contributed by atoms with Gasteiger partial charge in [0.1, 0.15) is 6.61 Å². The highest BCUT2D eigenvalue weighted by Crippen LogP contribution is 2.37. The van der Waals surface area contributed by atoms with E-state index in [-0.39, 0.29) is 0 Å². The molecule has 1 fully saturated rings. The van der Waals surface area contributed by atoms with Crippen LogP contribution in [0.25, 0.3) is 0 Å². The van der Waals surface area contributed by atoms with Gasteiger partial charge in [-0.3, -0.25) is 0 Å². The average Bonchev–Trinajstić information content (AvgIpc) is 2.84. The summed E-state index contributed by atoms with van der Waals surface area (Å²) in [6.45, 7) is 4.43. The van der Waals surface area contributed by atoms with Gasteiger partial charge in [-0.15, -0.1) is 0 Å². The molecular weight excluding hydrogens is 492 g/mol. The van der Waals surface area contributed by atoms with Crippen molar-refractivity contribution >= 4 is 38.9 Å². The third kappa shape index (κ3) is 5.68. The van der Waals surface area contributed by atoms with Crippen LogP contribution in [-0.2, 0) is 17.9 Å². The van der Waals surface area contributed by atoms with Gasteiger partial charge in [-0.1, -0.05) is 39.7 Å². The van der Waals surface area contributed by atoms with E-state index in [0.717, 1.165) is 47.6 Å². The van der Waals surface area contributed by atoms with E-state index in [4.69, 9.17) is 25.8 Å². The maximum absolute atomic E-state index is 6.20. The summed E-state index contributed by atoms with van der Waals surface area (Å²) in [6, 6.07) is 20.0. The highest BCUT2D eigenvalue weighted by atomic mass is 79.9. The fraction of sp³-hybridized carbons (Fsp3) is 0.280. The van der Waals surface area contributed by atoms with Gasteiger partial charge in [0.2, 0.25) is 0 Å². The van der Waals surface area contributed by atoms with Crippen molar-refractivity contribution in [1.29, 1.82) is 0 Å². The maximum Gasteiger partial charge on any atom is 0.167 e. The van der Waals surface area contributed by atoms with E-state index in [1.54, 1.807) is 7.11 Å². The molecule has 5 nitrogen and oxygen atoms in total. The van der Waals surface area contributed by atoms with Crippen molar-refractivity contribution in [3.05, 3.63) is 81.3 Å². The number of morpholine rings is 1. The quantitative estimate of drug-likeness (QED) is 0.389. The Hall–Kier alpha value is -2.41. The van der Waals surface area contributed by atoms with E-state index in [1.165, 1.54) is 5.69 Å². The first kappa shape index (κ1) is 22.8. The van der Waals surface area contributed by atoms with Crippen LogP contribution < -0.4 is 19.7 Å². The van der Waals surface area contributed by atoms with Gasteiger partial charge in [-0.2, -0.15) is 0 Å². The van der Waals surface area contributed by atoms with Gasteiger partial charge in [-0.05, 0) is 54.1 Å². The molecule has 1 N–H and O–H groups in total. The molecule has 32 heavy (non-hydrogen) atoms. The van der Waals surface area contributed by atoms with Crippen LogP contribution in [0.3, 0.4) is 0 Å². The summed E-state index contributed by atoms with van der Waals surface area (Å²) in [5, 5.41) is 4.21. The maximum atomic E-state index is 6.20. The largest absolute Gasteiger partial charge is 0.493 e. The molecule has 3 aromatic rings. The van der Waals surface area contributed by atoms with Gasteiger partial charge >= 0.3 is 0 Å². The third-order valence-electron chi connectivity index (χ3n) is 5.40. The third-order valence-corrected chi connectivity index (χ3v) is 6.39. The Morgan fingerprint density at radius 2 is 1.72 bits per heavy atom. The molecule has 1 saturated heterocycles. The molecule has 3 aromatic carbocycles. The van der Waals surface area contributed by atoms with Crippen LogP contribution in [0.15, 0.2) is 65.1 Å². The number of halogens is 2. The van der Waals surface area contributed by atoms with Crippen molar-refractivity contribution < 1.29 is 14.2 Å². The molecule has 4 rings (SSSR count). The molecule has 0 unspecified atom stereocenters. The molecule has 0 spiro atoms. The van der Waals surface area contributed by atoms with Crippen molar-refractivity contribution in [2.24, 2.45) is 0 Å². The van der Waals surface area contributed by atoms with E-state index in [2.05, 4.69) is 50.4 Å². The number of anilines is 2. The average molecular weight is 518 g/mol. The minimum Gasteiger partial charge on any atom is -0.493 e. The first-order valence-electron chi connectivity index (χ1n) is 10.5. The normalized spacial score (nSPS) is 13.7. The first-order valence-corrected chi connectivity index (χ1v) is 11.7. The van der Waals surface area contributed by atoms with Crippen molar-refractivity contribution in [3.63, 3.8) is 0 Å². The minimum atomic E-state index is 0.422. The van der Waals surface area contributed by atoms with Crippen molar-refractivity contribution in [3.8, 4) is 11.5 Å². The van der Waals surface area contributed by atoms with E-state index in [1.807, 2.05) is 36.4 Å². The van der Waals surface area contributed by atoms with Crippen LogP contribution in [0.4, 0.5) is 11.4 Å². The molecule has 1 heterocycles. The Labute approximate surface area is 202 Å². The second-order valence-corrected chi connectivity index (χ2v) is 8.76. The van der Waals surface area contributed by atoms with Crippen molar-refractivity contribution in [1.82, 2.24) is 0 Å². The fourth-order valence-electron chi connectivity index (χ4n) is 3.60. The van der Waals surface area contributed by atoms with Crippen LogP contribution in [-0.4, -0.2) is 33.4 Å². The van der Waals surface area contributed by atoms with Gasteiger partial charge in [-0.25, -0.2) is 0 Å². The van der Waals surface area contributed by atoms with Gasteiger partial charge in [0.05, 0.1) is 20.3 Å². The lowest BCUT2D eigenvalue weighted by atomic mass is 10.1. The highest BCUT2D eigenvalue weighted by Gasteiger charge is 2.16. The number of hydrogen-bond donors (Lipinski definition) is 1. The summed E-state index contributed by atoms with van der Waals surface area (Å²) in [7, 11) is 1.65. The summed E-state index contributed by atoms with van der Waals surface area (Å²) in [6.07, 6.45) is 0. The van der Waals surface area contributed by atoms with Crippen LogP contribution >= 0.6 is 27.5 Å². The van der Waals surface area contributed by atoms with Crippen LogP contribution in [0, 0.1) is 0 Å². The molecule has 1 aliphatic rings. The Morgan fingerprint density at radius 1 is 1.00 bits per heavy atom. The first-order chi connectivity index (χ1) is 15.6. The molecule has 0 aliphatic carbocycles. The van der Waals surface area contributed by atoms with E-state index in [9.17, 15) is 0 Å². The predicted molar refractivity (Wildman–Crippen MR) is 133 cm³/mol. The van der Waals surface area contributed by atoms with Crippen LogP contribution in [0.2, 0.25) is 5.02 Å². The second-order valence-electron chi connectivity index (χ2n) is 7.47. The number of nitrogens with one attached hydrogen (secondary N) is 1. The molecule has 168 valence electrons. The Kier molecular flexibility index (Phi) is 7.79. The zero-order valence-corrected chi connectivity index (χ0v) is 20.3. The molecule has 0 atom stereocenters. The van der Waals surface area contributed by atoms with Gasteiger partial charge in [0.25, 0.3) is 0 Å². The number of ether oxygens (including phenoxy) is 3.